The maximum absolute atomic E-state index is 5.89. The van der Waals surface area contributed by atoms with Crippen LogP contribution in [0.1, 0.15) is 42.9 Å². The van der Waals surface area contributed by atoms with E-state index in [-0.39, 0.29) is 0 Å². The predicted octanol–water partition coefficient (Wildman–Crippen LogP) is 3.21. The molecule has 0 radical (unpaired) electrons. The van der Waals surface area contributed by atoms with Crippen LogP contribution >= 0.6 is 0 Å². The van der Waals surface area contributed by atoms with Gasteiger partial charge in [0.25, 0.3) is 0 Å². The van der Waals surface area contributed by atoms with Crippen molar-refractivity contribution in [3.63, 3.8) is 0 Å². The average molecular weight is 231 g/mol. The van der Waals surface area contributed by atoms with Crippen LogP contribution in [0.15, 0.2) is 18.2 Å². The largest absolute Gasteiger partial charge is 0.493 e. The molecule has 1 aromatic rings. The average Bonchev–Trinajstić information content (AvgIpc) is 3.13. The normalized spacial score (nSPS) is 23.7. The molecule has 0 amide bonds. The van der Waals surface area contributed by atoms with E-state index in [4.69, 9.17) is 4.74 Å². The molecule has 1 heterocycles. The van der Waals surface area contributed by atoms with E-state index < -0.39 is 0 Å². The summed E-state index contributed by atoms with van der Waals surface area (Å²) in [4.78, 5) is 0. The Balaban J connectivity index is 1.81. The van der Waals surface area contributed by atoms with Crippen molar-refractivity contribution in [3.8, 4) is 5.75 Å². The molecular weight excluding hydrogens is 210 g/mol. The smallest absolute Gasteiger partial charge is 0.126 e. The summed E-state index contributed by atoms with van der Waals surface area (Å²) in [5.74, 6) is 2.06. The summed E-state index contributed by atoms with van der Waals surface area (Å²) in [6.45, 7) is 4.18. The van der Waals surface area contributed by atoms with Crippen LogP contribution in [0, 0.1) is 12.8 Å². The van der Waals surface area contributed by atoms with E-state index in [0.29, 0.717) is 6.04 Å². The highest BCUT2D eigenvalue weighted by Gasteiger charge is 2.25. The molecule has 0 aromatic heterocycles. The Bertz CT molecular complexity index is 398. The zero-order valence-electron chi connectivity index (χ0n) is 10.5. The van der Waals surface area contributed by atoms with Crippen molar-refractivity contribution in [1.82, 2.24) is 5.32 Å². The fourth-order valence-electron chi connectivity index (χ4n) is 2.61. The van der Waals surface area contributed by atoms with E-state index in [9.17, 15) is 0 Å². The molecular formula is C15H21NO. The van der Waals surface area contributed by atoms with Gasteiger partial charge in [-0.1, -0.05) is 18.2 Å². The van der Waals surface area contributed by atoms with Gasteiger partial charge in [-0.05, 0) is 50.6 Å². The summed E-state index contributed by atoms with van der Waals surface area (Å²) in [7, 11) is 0. The molecule has 1 N–H and O–H groups in total. The van der Waals surface area contributed by atoms with Crippen molar-refractivity contribution in [3.05, 3.63) is 29.3 Å². The van der Waals surface area contributed by atoms with E-state index in [0.717, 1.165) is 24.7 Å². The first-order chi connectivity index (χ1) is 8.34. The third-order valence-electron chi connectivity index (χ3n) is 3.85. The van der Waals surface area contributed by atoms with E-state index in [2.05, 4.69) is 30.4 Å². The number of aryl methyl sites for hydroxylation is 1. The molecule has 2 nitrogen and oxygen atoms in total. The van der Waals surface area contributed by atoms with Crippen LogP contribution in [0.4, 0.5) is 0 Å². The number of fused-ring (bicyclic) bond motifs is 1. The van der Waals surface area contributed by atoms with Crippen LogP contribution in [0.2, 0.25) is 0 Å². The van der Waals surface area contributed by atoms with Gasteiger partial charge in [-0.2, -0.15) is 0 Å². The van der Waals surface area contributed by atoms with Crippen molar-refractivity contribution >= 4 is 0 Å². The van der Waals surface area contributed by atoms with Crippen LogP contribution in [0.3, 0.4) is 0 Å². The van der Waals surface area contributed by atoms with Crippen LogP contribution in [-0.4, -0.2) is 13.2 Å². The Morgan fingerprint density at radius 2 is 2.18 bits per heavy atom. The molecule has 1 aliphatic carbocycles. The first-order valence-corrected chi connectivity index (χ1v) is 6.80. The Morgan fingerprint density at radius 3 is 3.00 bits per heavy atom. The lowest BCUT2D eigenvalue weighted by molar-refractivity contribution is 0.313. The number of nitrogens with one attached hydrogen (secondary N) is 1. The molecule has 0 spiro atoms. The minimum atomic E-state index is 0.494. The molecule has 0 saturated heterocycles. The second-order valence-electron chi connectivity index (χ2n) is 5.39. The molecule has 0 bridgehead atoms. The molecule has 1 saturated carbocycles. The van der Waals surface area contributed by atoms with E-state index >= 15 is 0 Å². The van der Waals surface area contributed by atoms with E-state index in [1.807, 2.05) is 0 Å². The second-order valence-corrected chi connectivity index (χ2v) is 5.39. The quantitative estimate of drug-likeness (QED) is 0.862. The number of para-hydroxylation sites is 1. The van der Waals surface area contributed by atoms with Gasteiger partial charge in [-0.15, -0.1) is 0 Å². The monoisotopic (exact) mass is 231 g/mol. The summed E-state index contributed by atoms with van der Waals surface area (Å²) in [6, 6.07) is 7.00. The minimum absolute atomic E-state index is 0.494. The standard InChI is InChI=1S/C15H21NO/c1-11-4-2-5-13-14(16-10-12-7-8-12)6-3-9-17-15(11)13/h2,4-5,12,14,16H,3,6-10H2,1H3. The summed E-state index contributed by atoms with van der Waals surface area (Å²) in [5.41, 5.74) is 2.63. The lowest BCUT2D eigenvalue weighted by Gasteiger charge is -2.19. The highest BCUT2D eigenvalue weighted by molar-refractivity contribution is 5.43. The van der Waals surface area contributed by atoms with Crippen LogP contribution in [0.5, 0.6) is 5.75 Å². The van der Waals surface area contributed by atoms with Gasteiger partial charge in [0.2, 0.25) is 0 Å². The molecule has 1 aliphatic heterocycles. The van der Waals surface area contributed by atoms with Crippen molar-refractivity contribution < 1.29 is 4.74 Å². The Morgan fingerprint density at radius 1 is 1.29 bits per heavy atom. The van der Waals surface area contributed by atoms with Crippen molar-refractivity contribution in [2.24, 2.45) is 5.92 Å². The number of ether oxygens (including phenoxy) is 1. The number of hydrogen-bond donors (Lipinski definition) is 1. The molecule has 1 unspecified atom stereocenters. The first kappa shape index (κ1) is 11.1. The van der Waals surface area contributed by atoms with Gasteiger partial charge in [-0.3, -0.25) is 0 Å². The molecule has 1 aromatic carbocycles. The molecule has 2 aliphatic rings. The van der Waals surface area contributed by atoms with Crippen LogP contribution in [0.25, 0.3) is 0 Å². The predicted molar refractivity (Wildman–Crippen MR) is 69.4 cm³/mol. The van der Waals surface area contributed by atoms with Gasteiger partial charge in [-0.25, -0.2) is 0 Å². The lowest BCUT2D eigenvalue weighted by atomic mass is 10.00. The molecule has 1 fully saturated rings. The van der Waals surface area contributed by atoms with E-state index in [1.165, 1.54) is 36.9 Å². The second kappa shape index (κ2) is 4.69. The summed E-state index contributed by atoms with van der Waals surface area (Å²) in [6.07, 6.45) is 5.17. The molecule has 1 atom stereocenters. The third-order valence-corrected chi connectivity index (χ3v) is 3.85. The Hall–Kier alpha value is -1.02. The van der Waals surface area contributed by atoms with Crippen molar-refractivity contribution in [2.75, 3.05) is 13.2 Å². The number of hydrogen-bond acceptors (Lipinski definition) is 2. The summed E-state index contributed by atoms with van der Waals surface area (Å²) < 4.78 is 5.89. The summed E-state index contributed by atoms with van der Waals surface area (Å²) >= 11 is 0. The van der Waals surface area contributed by atoms with Gasteiger partial charge in [0, 0.05) is 11.6 Å². The van der Waals surface area contributed by atoms with E-state index in [1.54, 1.807) is 0 Å². The molecule has 3 rings (SSSR count). The lowest BCUT2D eigenvalue weighted by Crippen LogP contribution is -2.23. The van der Waals surface area contributed by atoms with Gasteiger partial charge in [0.15, 0.2) is 0 Å². The highest BCUT2D eigenvalue weighted by Crippen LogP contribution is 2.35. The highest BCUT2D eigenvalue weighted by atomic mass is 16.5. The minimum Gasteiger partial charge on any atom is -0.493 e. The third kappa shape index (κ3) is 2.47. The fraction of sp³-hybridized carbons (Fsp3) is 0.600. The van der Waals surface area contributed by atoms with Gasteiger partial charge in [0.05, 0.1) is 6.61 Å². The van der Waals surface area contributed by atoms with Gasteiger partial charge in [0.1, 0.15) is 5.75 Å². The molecule has 17 heavy (non-hydrogen) atoms. The first-order valence-electron chi connectivity index (χ1n) is 6.80. The molecule has 2 heteroatoms. The van der Waals surface area contributed by atoms with Gasteiger partial charge >= 0.3 is 0 Å². The zero-order valence-corrected chi connectivity index (χ0v) is 10.5. The van der Waals surface area contributed by atoms with Crippen LogP contribution < -0.4 is 10.1 Å². The van der Waals surface area contributed by atoms with Crippen molar-refractivity contribution in [2.45, 2.75) is 38.6 Å². The molecule has 92 valence electrons. The number of benzene rings is 1. The Kier molecular flexibility index (Phi) is 3.06. The SMILES string of the molecule is Cc1cccc2c1OCCCC2NCC1CC1. The Labute approximate surface area is 103 Å². The van der Waals surface area contributed by atoms with Gasteiger partial charge < -0.3 is 10.1 Å². The zero-order chi connectivity index (χ0) is 11.7. The fourth-order valence-corrected chi connectivity index (χ4v) is 2.61. The van der Waals surface area contributed by atoms with Crippen LogP contribution in [-0.2, 0) is 0 Å². The maximum Gasteiger partial charge on any atom is 0.126 e. The summed E-state index contributed by atoms with van der Waals surface area (Å²) in [5, 5.41) is 3.73. The number of rotatable bonds is 3. The van der Waals surface area contributed by atoms with Crippen molar-refractivity contribution in [1.29, 1.82) is 0 Å². The topological polar surface area (TPSA) is 21.3 Å². The maximum atomic E-state index is 5.89.